The van der Waals surface area contributed by atoms with Gasteiger partial charge in [-0.2, -0.15) is 0 Å². The Bertz CT molecular complexity index is 509. The second-order valence-corrected chi connectivity index (χ2v) is 5.27. The van der Waals surface area contributed by atoms with Crippen molar-refractivity contribution in [3.8, 4) is 0 Å². The second-order valence-electron chi connectivity index (χ2n) is 4.38. The number of carbonyl (C=O) groups is 2. The summed E-state index contributed by atoms with van der Waals surface area (Å²) in [4.78, 5) is 30.8. The Morgan fingerprint density at radius 3 is 2.80 bits per heavy atom. The van der Waals surface area contributed by atoms with E-state index >= 15 is 0 Å². The van der Waals surface area contributed by atoms with Crippen LogP contribution in [0.1, 0.15) is 37.8 Å². The highest BCUT2D eigenvalue weighted by molar-refractivity contribution is 7.13. The van der Waals surface area contributed by atoms with Gasteiger partial charge in [-0.3, -0.25) is 9.63 Å². The highest BCUT2D eigenvalue weighted by Crippen LogP contribution is 2.20. The molecule has 1 aliphatic carbocycles. The first kappa shape index (κ1) is 14.4. The smallest absolute Gasteiger partial charge is 0.429 e. The van der Waals surface area contributed by atoms with Crippen molar-refractivity contribution >= 4 is 34.6 Å². The standard InChI is InChI=1S/C12H15N3O4S/c13-11-14-10(7-20-11)9(6-16)15-19-12(17)18-8-4-2-1-3-5-8/h6-8H,1-5H2,(H2,13,14)/b15-9-. The van der Waals surface area contributed by atoms with Gasteiger partial charge < -0.3 is 10.5 Å². The molecule has 0 radical (unpaired) electrons. The molecule has 108 valence electrons. The van der Waals surface area contributed by atoms with Crippen LogP contribution in [0.15, 0.2) is 10.5 Å². The van der Waals surface area contributed by atoms with E-state index < -0.39 is 6.16 Å². The summed E-state index contributed by atoms with van der Waals surface area (Å²) in [6.45, 7) is 0. The van der Waals surface area contributed by atoms with E-state index in [4.69, 9.17) is 10.5 Å². The van der Waals surface area contributed by atoms with Crippen LogP contribution in [0.4, 0.5) is 9.93 Å². The molecule has 7 nitrogen and oxygen atoms in total. The average molecular weight is 297 g/mol. The van der Waals surface area contributed by atoms with E-state index in [0.29, 0.717) is 11.4 Å². The Labute approximate surface area is 119 Å². The first-order chi connectivity index (χ1) is 9.69. The number of aldehydes is 1. The van der Waals surface area contributed by atoms with Gasteiger partial charge >= 0.3 is 6.16 Å². The van der Waals surface area contributed by atoms with E-state index in [0.717, 1.165) is 32.1 Å². The van der Waals surface area contributed by atoms with Crippen LogP contribution in [0.5, 0.6) is 0 Å². The quantitative estimate of drug-likeness (QED) is 0.300. The number of thiazole rings is 1. The number of nitrogens with zero attached hydrogens (tertiary/aromatic N) is 2. The molecular formula is C12H15N3O4S. The third-order valence-corrected chi connectivity index (χ3v) is 3.60. The van der Waals surface area contributed by atoms with Gasteiger partial charge in [0.1, 0.15) is 11.8 Å². The maximum Gasteiger partial charge on any atom is 0.535 e. The molecule has 0 saturated heterocycles. The number of hydrogen-bond donors (Lipinski definition) is 1. The Morgan fingerprint density at radius 2 is 2.20 bits per heavy atom. The molecule has 0 aromatic carbocycles. The molecule has 0 bridgehead atoms. The molecule has 1 aliphatic rings. The first-order valence-electron chi connectivity index (χ1n) is 6.31. The predicted octanol–water partition coefficient (Wildman–Crippen LogP) is 2.11. The molecule has 2 N–H and O–H groups in total. The van der Waals surface area contributed by atoms with Crippen molar-refractivity contribution in [1.82, 2.24) is 4.98 Å². The zero-order valence-electron chi connectivity index (χ0n) is 10.8. The topological polar surface area (TPSA) is 104 Å². The molecule has 1 aromatic heterocycles. The Balaban J connectivity index is 1.89. The number of aromatic nitrogens is 1. The van der Waals surface area contributed by atoms with Crippen molar-refractivity contribution in [1.29, 1.82) is 0 Å². The van der Waals surface area contributed by atoms with E-state index in [9.17, 15) is 9.59 Å². The Morgan fingerprint density at radius 1 is 1.45 bits per heavy atom. The molecule has 1 fully saturated rings. The lowest BCUT2D eigenvalue weighted by atomic mass is 9.98. The minimum Gasteiger partial charge on any atom is -0.429 e. The Kier molecular flexibility index (Phi) is 5.05. The monoisotopic (exact) mass is 297 g/mol. The number of nitrogens with two attached hydrogens (primary N) is 1. The van der Waals surface area contributed by atoms with E-state index in [-0.39, 0.29) is 17.5 Å². The molecule has 0 spiro atoms. The summed E-state index contributed by atoms with van der Waals surface area (Å²) < 4.78 is 5.10. The number of rotatable bonds is 4. The van der Waals surface area contributed by atoms with Crippen molar-refractivity contribution in [3.05, 3.63) is 11.1 Å². The molecule has 1 saturated carbocycles. The zero-order valence-corrected chi connectivity index (χ0v) is 11.6. The molecule has 1 aromatic rings. The summed E-state index contributed by atoms with van der Waals surface area (Å²) in [5.74, 6) is 0. The molecule has 0 amide bonds. The number of carbonyl (C=O) groups excluding carboxylic acids is 2. The summed E-state index contributed by atoms with van der Waals surface area (Å²) in [6.07, 6.45) is 4.33. The van der Waals surface area contributed by atoms with Gasteiger partial charge in [0.15, 0.2) is 17.1 Å². The van der Waals surface area contributed by atoms with Crippen LogP contribution in [0.25, 0.3) is 0 Å². The van der Waals surface area contributed by atoms with Crippen LogP contribution in [-0.4, -0.2) is 29.2 Å². The second kappa shape index (κ2) is 6.99. The minimum atomic E-state index is -0.903. The van der Waals surface area contributed by atoms with E-state index in [1.165, 1.54) is 11.3 Å². The van der Waals surface area contributed by atoms with E-state index in [1.54, 1.807) is 5.38 Å². The van der Waals surface area contributed by atoms with Gasteiger partial charge in [0.25, 0.3) is 0 Å². The number of oxime groups is 1. The fraction of sp³-hybridized carbons (Fsp3) is 0.500. The molecule has 0 atom stereocenters. The van der Waals surface area contributed by atoms with E-state index in [2.05, 4.69) is 15.0 Å². The fourth-order valence-corrected chi connectivity index (χ4v) is 2.52. The minimum absolute atomic E-state index is 0.0986. The summed E-state index contributed by atoms with van der Waals surface area (Å²) in [7, 11) is 0. The van der Waals surface area contributed by atoms with Gasteiger partial charge in [-0.1, -0.05) is 11.6 Å². The third-order valence-electron chi connectivity index (χ3n) is 2.93. The predicted molar refractivity (Wildman–Crippen MR) is 73.6 cm³/mol. The lowest BCUT2D eigenvalue weighted by molar-refractivity contribution is -0.102. The van der Waals surface area contributed by atoms with Crippen LogP contribution in [0, 0.1) is 0 Å². The van der Waals surface area contributed by atoms with Crippen molar-refractivity contribution in [2.24, 2.45) is 5.16 Å². The molecular weight excluding hydrogens is 282 g/mol. The van der Waals surface area contributed by atoms with Crippen LogP contribution < -0.4 is 5.73 Å². The SMILES string of the molecule is Nc1nc(/C(C=O)=N\OC(=O)OC2CCCCC2)cs1. The van der Waals surface area contributed by atoms with Gasteiger partial charge in [0.2, 0.25) is 0 Å². The van der Waals surface area contributed by atoms with Crippen molar-refractivity contribution in [2.45, 2.75) is 38.2 Å². The largest absolute Gasteiger partial charge is 0.535 e. The molecule has 1 heterocycles. The maximum atomic E-state index is 11.5. The van der Waals surface area contributed by atoms with Gasteiger partial charge in [-0.15, -0.1) is 11.3 Å². The molecule has 0 unspecified atom stereocenters. The summed E-state index contributed by atoms with van der Waals surface area (Å²) in [5, 5.41) is 5.31. The number of ether oxygens (including phenoxy) is 1. The molecule has 2 rings (SSSR count). The van der Waals surface area contributed by atoms with Gasteiger partial charge in [0, 0.05) is 5.38 Å². The van der Waals surface area contributed by atoms with Crippen molar-refractivity contribution in [3.63, 3.8) is 0 Å². The van der Waals surface area contributed by atoms with Crippen LogP contribution in [0.2, 0.25) is 0 Å². The number of anilines is 1. The number of hydrogen-bond acceptors (Lipinski definition) is 8. The lowest BCUT2D eigenvalue weighted by Gasteiger charge is -2.20. The van der Waals surface area contributed by atoms with E-state index in [1.807, 2.05) is 0 Å². The van der Waals surface area contributed by atoms with Gasteiger partial charge in [0.05, 0.1) is 0 Å². The fourth-order valence-electron chi connectivity index (χ4n) is 1.96. The van der Waals surface area contributed by atoms with Crippen molar-refractivity contribution < 1.29 is 19.2 Å². The summed E-state index contributed by atoms with van der Waals surface area (Å²) >= 11 is 1.17. The van der Waals surface area contributed by atoms with Gasteiger partial charge in [-0.25, -0.2) is 9.78 Å². The maximum absolute atomic E-state index is 11.5. The van der Waals surface area contributed by atoms with Gasteiger partial charge in [-0.05, 0) is 25.7 Å². The summed E-state index contributed by atoms with van der Waals surface area (Å²) in [6, 6.07) is 0. The average Bonchev–Trinajstić information content (AvgIpc) is 2.87. The van der Waals surface area contributed by atoms with Crippen LogP contribution in [0.3, 0.4) is 0 Å². The van der Waals surface area contributed by atoms with Crippen LogP contribution >= 0.6 is 11.3 Å². The first-order valence-corrected chi connectivity index (χ1v) is 7.19. The lowest BCUT2D eigenvalue weighted by Crippen LogP contribution is -2.21. The molecule has 8 heteroatoms. The van der Waals surface area contributed by atoms with Crippen LogP contribution in [-0.2, 0) is 14.4 Å². The zero-order chi connectivity index (χ0) is 14.4. The normalized spacial score (nSPS) is 16.7. The number of nitrogen functional groups attached to an aromatic ring is 1. The van der Waals surface area contributed by atoms with Crippen molar-refractivity contribution in [2.75, 3.05) is 5.73 Å². The highest BCUT2D eigenvalue weighted by atomic mass is 32.1. The third kappa shape index (κ3) is 4.02. The Hall–Kier alpha value is -1.96. The summed E-state index contributed by atoms with van der Waals surface area (Å²) in [5.41, 5.74) is 5.63. The highest BCUT2D eigenvalue weighted by Gasteiger charge is 2.19. The molecule has 0 aliphatic heterocycles. The molecule has 20 heavy (non-hydrogen) atoms.